The van der Waals surface area contributed by atoms with Crippen molar-refractivity contribution >= 4 is 69.5 Å². The lowest BCUT2D eigenvalue weighted by molar-refractivity contribution is 0.413. The average molecular weight is 1110 g/mol. The quantitative estimate of drug-likeness (QED) is 0.0621. The summed E-state index contributed by atoms with van der Waals surface area (Å²) in [5.74, 6) is 2.00. The molecule has 404 valence electrons. The zero-order valence-corrected chi connectivity index (χ0v) is 47.4. The summed E-state index contributed by atoms with van der Waals surface area (Å²) in [5, 5.41) is 0. The summed E-state index contributed by atoms with van der Waals surface area (Å²) in [7, 11) is 5.69. The molecule has 8 rings (SSSR count). The standard InChI is InChI=1S/C68H64Cl2O8S/c1-73-61-25-13-7-19-49(61)31-35-55-43-67(69,41-39-53-23-11-17-29-65(53)77-5)44-56(36-32-50-20-8-14-26-62(50)74-2)59(55)47-79(71,72)48-60-57(37-33-51-21-9-15-27-63(51)75-3)45-68(70,42-40-54-24-12-18-30-66(54)78-6)46-58(60)38-34-52-22-10-16-28-64(52)76-4/h7-46,59-60H,47-48H2,1-6H3/b35-31+,36-32+,37-33+,38-34+,41-39+,42-40+. The monoisotopic (exact) mass is 1110 g/mol. The van der Waals surface area contributed by atoms with E-state index in [1.165, 1.54) is 0 Å². The van der Waals surface area contributed by atoms with E-state index in [1.807, 2.05) is 243 Å². The van der Waals surface area contributed by atoms with Gasteiger partial charge in [-0.15, -0.1) is 23.2 Å². The van der Waals surface area contributed by atoms with Crippen LogP contribution in [0.15, 0.2) is 229 Å². The van der Waals surface area contributed by atoms with Crippen LogP contribution in [-0.4, -0.2) is 72.3 Å². The number of hydrogen-bond acceptors (Lipinski definition) is 8. The zero-order valence-electron chi connectivity index (χ0n) is 45.1. The molecule has 6 aromatic carbocycles. The van der Waals surface area contributed by atoms with Gasteiger partial charge >= 0.3 is 0 Å². The molecule has 8 nitrogen and oxygen atoms in total. The third-order valence-corrected chi connectivity index (χ3v) is 16.1. The Hall–Kier alpha value is -7.95. The first-order chi connectivity index (χ1) is 38.3. The fourth-order valence-corrected chi connectivity index (χ4v) is 12.3. The van der Waals surface area contributed by atoms with Gasteiger partial charge in [-0.2, -0.15) is 0 Å². The van der Waals surface area contributed by atoms with Crippen LogP contribution in [0.5, 0.6) is 34.5 Å². The number of hydrogen-bond donors (Lipinski definition) is 0. The number of alkyl halides is 2. The van der Waals surface area contributed by atoms with E-state index in [0.717, 1.165) is 33.4 Å². The summed E-state index contributed by atoms with van der Waals surface area (Å²) in [6.45, 7) is 0. The van der Waals surface area contributed by atoms with E-state index in [-0.39, 0.29) is 11.5 Å². The number of rotatable bonds is 22. The molecule has 2 aliphatic carbocycles. The van der Waals surface area contributed by atoms with Gasteiger partial charge in [0.15, 0.2) is 9.84 Å². The smallest absolute Gasteiger partial charge is 0.152 e. The lowest BCUT2D eigenvalue weighted by Gasteiger charge is -2.33. The first kappa shape index (κ1) is 57.2. The molecular formula is C68H64Cl2O8S. The predicted octanol–water partition coefficient (Wildman–Crippen LogP) is 15.7. The normalized spacial score (nSPS) is 19.7. The first-order valence-electron chi connectivity index (χ1n) is 25.7. The number of benzene rings is 6. The van der Waals surface area contributed by atoms with E-state index < -0.39 is 31.4 Å². The predicted molar refractivity (Wildman–Crippen MR) is 327 cm³/mol. The molecule has 0 unspecified atom stereocenters. The van der Waals surface area contributed by atoms with Gasteiger partial charge in [0, 0.05) is 45.2 Å². The van der Waals surface area contributed by atoms with E-state index in [4.69, 9.17) is 51.6 Å². The molecule has 0 radical (unpaired) electrons. The van der Waals surface area contributed by atoms with Crippen molar-refractivity contribution in [1.82, 2.24) is 0 Å². The molecule has 0 fully saturated rings. The molecule has 11 heteroatoms. The van der Waals surface area contributed by atoms with E-state index in [2.05, 4.69) is 0 Å². The Bertz CT molecular complexity index is 3180. The minimum Gasteiger partial charge on any atom is -0.496 e. The van der Waals surface area contributed by atoms with Crippen molar-refractivity contribution in [2.45, 2.75) is 9.75 Å². The molecule has 0 amide bonds. The highest BCUT2D eigenvalue weighted by atomic mass is 35.5. The fourth-order valence-electron chi connectivity index (χ4n) is 9.71. The average Bonchev–Trinajstić information content (AvgIpc) is 3.49. The molecule has 0 aromatic heterocycles. The van der Waals surface area contributed by atoms with Crippen molar-refractivity contribution in [3.8, 4) is 34.5 Å². The summed E-state index contributed by atoms with van der Waals surface area (Å²) in [6.07, 6.45) is 30.8. The maximum absolute atomic E-state index is 15.7. The van der Waals surface area contributed by atoms with Gasteiger partial charge in [0.05, 0.1) is 54.2 Å². The van der Waals surface area contributed by atoms with Crippen LogP contribution in [0.25, 0.3) is 36.5 Å². The van der Waals surface area contributed by atoms with Crippen LogP contribution in [0.3, 0.4) is 0 Å². The summed E-state index contributed by atoms with van der Waals surface area (Å²) in [6, 6.07) is 46.0. The summed E-state index contributed by atoms with van der Waals surface area (Å²) in [4.78, 5) is -2.44. The topological polar surface area (TPSA) is 89.5 Å². The number of para-hydroxylation sites is 6. The van der Waals surface area contributed by atoms with Crippen LogP contribution in [-0.2, 0) is 9.84 Å². The summed E-state index contributed by atoms with van der Waals surface area (Å²) in [5.41, 5.74) is 7.58. The Labute approximate surface area is 475 Å². The number of halogens is 2. The molecule has 0 saturated heterocycles. The van der Waals surface area contributed by atoms with Crippen LogP contribution in [0, 0.1) is 11.8 Å². The maximum Gasteiger partial charge on any atom is 0.152 e. The Balaban J connectivity index is 1.28. The van der Waals surface area contributed by atoms with Crippen molar-refractivity contribution in [3.05, 3.63) is 262 Å². The lowest BCUT2D eigenvalue weighted by atomic mass is 9.81. The van der Waals surface area contributed by atoms with Gasteiger partial charge in [-0.3, -0.25) is 0 Å². The van der Waals surface area contributed by atoms with Gasteiger partial charge in [-0.05, 0) is 58.7 Å². The summed E-state index contributed by atoms with van der Waals surface area (Å²) < 4.78 is 65.9. The largest absolute Gasteiger partial charge is 0.496 e. The molecule has 0 aliphatic heterocycles. The van der Waals surface area contributed by atoms with Crippen LogP contribution >= 0.6 is 23.2 Å². The first-order valence-corrected chi connectivity index (χ1v) is 28.2. The van der Waals surface area contributed by atoms with Crippen molar-refractivity contribution in [3.63, 3.8) is 0 Å². The van der Waals surface area contributed by atoms with Crippen molar-refractivity contribution in [2.75, 3.05) is 54.2 Å². The third-order valence-electron chi connectivity index (χ3n) is 13.7. The van der Waals surface area contributed by atoms with Gasteiger partial charge in [0.1, 0.15) is 44.2 Å². The molecule has 0 bridgehead atoms. The Morgan fingerprint density at radius 1 is 0.342 bits per heavy atom. The highest BCUT2D eigenvalue weighted by Crippen LogP contribution is 2.43. The summed E-state index contributed by atoms with van der Waals surface area (Å²) >= 11 is 15.4. The third kappa shape index (κ3) is 14.8. The number of methoxy groups -OCH3 is 6. The molecule has 0 atom stereocenters. The highest BCUT2D eigenvalue weighted by Gasteiger charge is 2.37. The van der Waals surface area contributed by atoms with Gasteiger partial charge in [0.2, 0.25) is 0 Å². The molecule has 0 heterocycles. The molecule has 2 aliphatic rings. The van der Waals surface area contributed by atoms with E-state index >= 15 is 8.42 Å². The van der Waals surface area contributed by atoms with Crippen molar-refractivity contribution in [1.29, 1.82) is 0 Å². The lowest BCUT2D eigenvalue weighted by Crippen LogP contribution is -2.32. The van der Waals surface area contributed by atoms with Crippen molar-refractivity contribution < 1.29 is 36.8 Å². The molecule has 0 spiro atoms. The van der Waals surface area contributed by atoms with Gasteiger partial charge in [-0.1, -0.05) is 206 Å². The molecular weight excluding hydrogens is 1050 g/mol. The molecule has 0 saturated carbocycles. The van der Waals surface area contributed by atoms with E-state index in [1.54, 1.807) is 42.7 Å². The van der Waals surface area contributed by atoms with Gasteiger partial charge < -0.3 is 28.4 Å². The Morgan fingerprint density at radius 3 is 0.759 bits per heavy atom. The minimum atomic E-state index is -4.05. The molecule has 0 N–H and O–H groups in total. The maximum atomic E-state index is 15.7. The molecule has 6 aromatic rings. The Kier molecular flexibility index (Phi) is 19.3. The SMILES string of the molecule is COc1ccccc1/C=C/C1=CC(Cl)(/C=C/c2ccccc2OC)C=C(/C=C/c2ccccc2OC)C1CS(=O)(=O)CC1C(/C=C/c2ccccc2OC)=CC(Cl)(/C=C/c2ccccc2OC)C=C1/C=C/c1ccccc1OC. The van der Waals surface area contributed by atoms with Crippen molar-refractivity contribution in [2.24, 2.45) is 11.8 Å². The second-order valence-corrected chi connectivity index (χ2v) is 22.3. The van der Waals surface area contributed by atoms with Crippen LogP contribution in [0.1, 0.15) is 33.4 Å². The van der Waals surface area contributed by atoms with Gasteiger partial charge in [0.25, 0.3) is 0 Å². The fraction of sp³-hybridized carbons (Fsp3) is 0.176. The van der Waals surface area contributed by atoms with Crippen LogP contribution < -0.4 is 28.4 Å². The molecule has 79 heavy (non-hydrogen) atoms. The minimum absolute atomic E-state index is 0.288. The van der Waals surface area contributed by atoms with Crippen LogP contribution in [0.2, 0.25) is 0 Å². The second kappa shape index (κ2) is 26.6. The Morgan fingerprint density at radius 2 is 0.544 bits per heavy atom. The second-order valence-electron chi connectivity index (χ2n) is 18.9. The van der Waals surface area contributed by atoms with Crippen LogP contribution in [0.4, 0.5) is 0 Å². The highest BCUT2D eigenvalue weighted by molar-refractivity contribution is 7.91. The van der Waals surface area contributed by atoms with Gasteiger partial charge in [-0.25, -0.2) is 8.42 Å². The van der Waals surface area contributed by atoms with E-state index in [0.29, 0.717) is 56.8 Å². The number of sulfone groups is 1. The number of ether oxygens (including phenoxy) is 6. The zero-order chi connectivity index (χ0) is 55.8. The van der Waals surface area contributed by atoms with E-state index in [9.17, 15) is 0 Å². The number of allylic oxidation sites excluding steroid dienone is 14.